The molecular formula is C13H9Cl2N3S2. The van der Waals surface area contributed by atoms with Crippen molar-refractivity contribution < 1.29 is 0 Å². The molecule has 0 atom stereocenters. The minimum Gasteiger partial charge on any atom is -0.258 e. The lowest BCUT2D eigenvalue weighted by atomic mass is 10.2. The number of H-pyrrole nitrogens is 1. The van der Waals surface area contributed by atoms with Crippen LogP contribution in [-0.2, 0) is 5.75 Å². The number of halogens is 2. The molecule has 2 aromatic heterocycles. The highest BCUT2D eigenvalue weighted by atomic mass is 35.5. The molecule has 0 unspecified atom stereocenters. The van der Waals surface area contributed by atoms with E-state index in [9.17, 15) is 0 Å². The fourth-order valence-electron chi connectivity index (χ4n) is 1.61. The lowest BCUT2D eigenvalue weighted by molar-refractivity contribution is 0.973. The predicted molar refractivity (Wildman–Crippen MR) is 85.7 cm³/mol. The Kier molecular flexibility index (Phi) is 4.31. The van der Waals surface area contributed by atoms with Crippen molar-refractivity contribution in [1.29, 1.82) is 0 Å². The molecule has 0 amide bonds. The summed E-state index contributed by atoms with van der Waals surface area (Å²) in [7, 11) is 0. The number of thiophene rings is 1. The van der Waals surface area contributed by atoms with Gasteiger partial charge in [0.15, 0.2) is 5.82 Å². The van der Waals surface area contributed by atoms with Gasteiger partial charge < -0.3 is 0 Å². The van der Waals surface area contributed by atoms with Gasteiger partial charge in [0.25, 0.3) is 0 Å². The number of aromatic nitrogens is 3. The van der Waals surface area contributed by atoms with Gasteiger partial charge in [0, 0.05) is 21.2 Å². The lowest BCUT2D eigenvalue weighted by Crippen LogP contribution is -1.80. The van der Waals surface area contributed by atoms with Crippen LogP contribution in [0.1, 0.15) is 4.88 Å². The smallest absolute Gasteiger partial charge is 0.209 e. The first-order valence-corrected chi connectivity index (χ1v) is 8.32. The molecule has 0 saturated carbocycles. The Morgan fingerprint density at radius 2 is 1.90 bits per heavy atom. The monoisotopic (exact) mass is 341 g/mol. The van der Waals surface area contributed by atoms with Gasteiger partial charge in [-0.15, -0.1) is 16.4 Å². The Bertz CT molecular complexity index is 706. The molecule has 2 heterocycles. The minimum atomic E-state index is 0.706. The van der Waals surface area contributed by atoms with Crippen molar-refractivity contribution in [2.45, 2.75) is 10.9 Å². The summed E-state index contributed by atoms with van der Waals surface area (Å²) >= 11 is 14.9. The largest absolute Gasteiger partial charge is 0.258 e. The summed E-state index contributed by atoms with van der Waals surface area (Å²) in [6, 6.07) is 11.4. The van der Waals surface area contributed by atoms with Crippen molar-refractivity contribution in [3.05, 3.63) is 50.6 Å². The maximum Gasteiger partial charge on any atom is 0.209 e. The van der Waals surface area contributed by atoms with Crippen LogP contribution in [0.4, 0.5) is 0 Å². The van der Waals surface area contributed by atoms with Gasteiger partial charge in [-0.2, -0.15) is 0 Å². The van der Waals surface area contributed by atoms with E-state index in [0.717, 1.165) is 26.6 Å². The van der Waals surface area contributed by atoms with E-state index in [0.29, 0.717) is 5.02 Å². The number of hydrogen-bond donors (Lipinski definition) is 1. The van der Waals surface area contributed by atoms with Gasteiger partial charge in [-0.25, -0.2) is 4.98 Å². The molecule has 0 aliphatic heterocycles. The summed E-state index contributed by atoms with van der Waals surface area (Å²) in [6.07, 6.45) is 0. The van der Waals surface area contributed by atoms with Crippen LogP contribution in [0.3, 0.4) is 0 Å². The van der Waals surface area contributed by atoms with Crippen molar-refractivity contribution in [3.63, 3.8) is 0 Å². The topological polar surface area (TPSA) is 41.6 Å². The van der Waals surface area contributed by atoms with Crippen molar-refractivity contribution in [2.24, 2.45) is 0 Å². The van der Waals surface area contributed by atoms with Crippen LogP contribution in [0, 0.1) is 0 Å². The first kappa shape index (κ1) is 13.9. The molecule has 0 fully saturated rings. The van der Waals surface area contributed by atoms with E-state index in [1.165, 1.54) is 4.88 Å². The third-order valence-electron chi connectivity index (χ3n) is 2.55. The van der Waals surface area contributed by atoms with Crippen LogP contribution in [0.25, 0.3) is 11.4 Å². The fraction of sp³-hybridized carbons (Fsp3) is 0.0769. The summed E-state index contributed by atoms with van der Waals surface area (Å²) in [6.45, 7) is 0. The summed E-state index contributed by atoms with van der Waals surface area (Å²) in [5, 5.41) is 8.57. The second-order valence-corrected chi connectivity index (χ2v) is 7.15. The van der Waals surface area contributed by atoms with Gasteiger partial charge in [0.2, 0.25) is 5.16 Å². The number of nitrogens with one attached hydrogen (secondary N) is 1. The third kappa shape index (κ3) is 3.35. The highest BCUT2D eigenvalue weighted by Crippen LogP contribution is 2.28. The maximum absolute atomic E-state index is 5.90. The number of thioether (sulfide) groups is 1. The van der Waals surface area contributed by atoms with Crippen LogP contribution in [0.5, 0.6) is 0 Å². The minimum absolute atomic E-state index is 0.706. The number of hydrogen-bond acceptors (Lipinski definition) is 4. The van der Waals surface area contributed by atoms with E-state index in [2.05, 4.69) is 15.2 Å². The van der Waals surface area contributed by atoms with E-state index in [-0.39, 0.29) is 0 Å². The molecule has 0 aliphatic rings. The van der Waals surface area contributed by atoms with Crippen LogP contribution < -0.4 is 0 Å². The molecule has 1 N–H and O–H groups in total. The highest BCUT2D eigenvalue weighted by Gasteiger charge is 2.07. The van der Waals surface area contributed by atoms with Crippen molar-refractivity contribution in [3.8, 4) is 11.4 Å². The molecule has 0 bridgehead atoms. The SMILES string of the molecule is Clc1ccc(-c2nc(SCc3ccc(Cl)s3)n[nH]2)cc1. The zero-order valence-corrected chi connectivity index (χ0v) is 13.3. The summed E-state index contributed by atoms with van der Waals surface area (Å²) in [5.74, 6) is 1.56. The molecule has 102 valence electrons. The Morgan fingerprint density at radius 1 is 1.10 bits per heavy atom. The predicted octanol–water partition coefficient (Wildman–Crippen LogP) is 5.13. The van der Waals surface area contributed by atoms with E-state index in [1.807, 2.05) is 36.4 Å². The van der Waals surface area contributed by atoms with Gasteiger partial charge in [0.05, 0.1) is 4.34 Å². The second kappa shape index (κ2) is 6.18. The molecular weight excluding hydrogens is 333 g/mol. The number of benzene rings is 1. The first-order chi connectivity index (χ1) is 9.70. The molecule has 3 rings (SSSR count). The summed E-state index contributed by atoms with van der Waals surface area (Å²) < 4.78 is 0.803. The molecule has 0 aliphatic carbocycles. The molecule has 3 aromatic rings. The molecule has 0 spiro atoms. The summed E-state index contributed by atoms with van der Waals surface area (Å²) in [5.41, 5.74) is 0.966. The standard InChI is InChI=1S/C13H9Cl2N3S2/c14-9-3-1-8(2-4-9)12-16-13(18-17-12)19-7-10-5-6-11(15)20-10/h1-6H,7H2,(H,16,17,18). The van der Waals surface area contributed by atoms with Crippen LogP contribution in [0.2, 0.25) is 9.36 Å². The molecule has 20 heavy (non-hydrogen) atoms. The van der Waals surface area contributed by atoms with Gasteiger partial charge in [-0.3, -0.25) is 5.10 Å². The van der Waals surface area contributed by atoms with Crippen LogP contribution in [0.15, 0.2) is 41.6 Å². The Morgan fingerprint density at radius 3 is 2.60 bits per heavy atom. The van der Waals surface area contributed by atoms with Crippen molar-refractivity contribution >= 4 is 46.3 Å². The lowest BCUT2D eigenvalue weighted by Gasteiger charge is -1.95. The Hall–Kier alpha value is -1.01. The van der Waals surface area contributed by atoms with E-state index in [4.69, 9.17) is 23.2 Å². The average Bonchev–Trinajstić information content (AvgIpc) is 3.06. The highest BCUT2D eigenvalue weighted by molar-refractivity contribution is 7.98. The maximum atomic E-state index is 5.90. The van der Waals surface area contributed by atoms with Gasteiger partial charge in [-0.1, -0.05) is 35.0 Å². The second-order valence-electron chi connectivity index (χ2n) is 3.97. The van der Waals surface area contributed by atoms with Gasteiger partial charge in [0.1, 0.15) is 0 Å². The molecule has 0 radical (unpaired) electrons. The molecule has 3 nitrogen and oxygen atoms in total. The number of aromatic amines is 1. The molecule has 7 heteroatoms. The van der Waals surface area contributed by atoms with Crippen LogP contribution in [-0.4, -0.2) is 15.2 Å². The normalized spacial score (nSPS) is 10.9. The van der Waals surface area contributed by atoms with Crippen molar-refractivity contribution in [2.75, 3.05) is 0 Å². The summed E-state index contributed by atoms with van der Waals surface area (Å²) in [4.78, 5) is 5.66. The number of rotatable bonds is 4. The van der Waals surface area contributed by atoms with E-state index < -0.39 is 0 Å². The quantitative estimate of drug-likeness (QED) is 0.668. The Labute approximate surface area is 134 Å². The van der Waals surface area contributed by atoms with E-state index in [1.54, 1.807) is 23.1 Å². The van der Waals surface area contributed by atoms with Crippen molar-refractivity contribution in [1.82, 2.24) is 15.2 Å². The van der Waals surface area contributed by atoms with Gasteiger partial charge >= 0.3 is 0 Å². The fourth-order valence-corrected chi connectivity index (χ4v) is 3.67. The Balaban J connectivity index is 1.69. The molecule has 0 saturated heterocycles. The zero-order chi connectivity index (χ0) is 13.9. The molecule has 1 aromatic carbocycles. The average molecular weight is 342 g/mol. The van der Waals surface area contributed by atoms with Gasteiger partial charge in [-0.05, 0) is 36.4 Å². The third-order valence-corrected chi connectivity index (χ3v) is 5.12. The van der Waals surface area contributed by atoms with E-state index >= 15 is 0 Å². The first-order valence-electron chi connectivity index (χ1n) is 5.76. The van der Waals surface area contributed by atoms with Crippen LogP contribution >= 0.6 is 46.3 Å². The zero-order valence-electron chi connectivity index (χ0n) is 10.1. The number of nitrogens with zero attached hydrogens (tertiary/aromatic N) is 2.